The third kappa shape index (κ3) is 3.00. The highest BCUT2D eigenvalue weighted by Crippen LogP contribution is 2.45. The van der Waals surface area contributed by atoms with E-state index in [-0.39, 0.29) is 11.9 Å². The molecule has 1 saturated heterocycles. The van der Waals surface area contributed by atoms with E-state index in [1.54, 1.807) is 7.11 Å². The Balaban J connectivity index is 1.59. The molecule has 3 aromatic rings. The maximum atomic E-state index is 13.8. The second-order valence-electron chi connectivity index (χ2n) is 7.92. The minimum atomic E-state index is -0.840. The fraction of sp³-hybridized carbons (Fsp3) is 0.231. The zero-order chi connectivity index (χ0) is 20.6. The van der Waals surface area contributed by atoms with Gasteiger partial charge >= 0.3 is 0 Å². The summed E-state index contributed by atoms with van der Waals surface area (Å²) in [4.78, 5) is 21.0. The van der Waals surface area contributed by atoms with Crippen LogP contribution in [-0.4, -0.2) is 29.7 Å². The minimum absolute atomic E-state index is 0.00686. The van der Waals surface area contributed by atoms with Gasteiger partial charge in [0.05, 0.1) is 18.9 Å². The molecule has 2 atom stereocenters. The molecule has 0 N–H and O–H groups in total. The summed E-state index contributed by atoms with van der Waals surface area (Å²) in [7, 11) is 1.66. The number of hydrogen-bond acceptors (Lipinski definition) is 3. The molecular weight excluding hydrogens is 372 g/mol. The van der Waals surface area contributed by atoms with Crippen LogP contribution in [0.3, 0.4) is 0 Å². The number of aliphatic imine (C=N–C) groups is 1. The molecule has 150 valence electrons. The first-order chi connectivity index (χ1) is 14.7. The van der Waals surface area contributed by atoms with Gasteiger partial charge in [0.2, 0.25) is 0 Å². The molecule has 4 nitrogen and oxygen atoms in total. The zero-order valence-electron chi connectivity index (χ0n) is 17.0. The largest absolute Gasteiger partial charge is 0.497 e. The van der Waals surface area contributed by atoms with E-state index in [9.17, 15) is 4.79 Å². The average molecular weight is 396 g/mol. The molecule has 0 saturated carbocycles. The third-order valence-corrected chi connectivity index (χ3v) is 6.23. The van der Waals surface area contributed by atoms with E-state index in [0.29, 0.717) is 6.54 Å². The molecule has 1 amide bonds. The van der Waals surface area contributed by atoms with Gasteiger partial charge in [0, 0.05) is 6.54 Å². The van der Waals surface area contributed by atoms with Crippen molar-refractivity contribution in [2.45, 2.75) is 31.0 Å². The molecule has 30 heavy (non-hydrogen) atoms. The van der Waals surface area contributed by atoms with E-state index in [0.717, 1.165) is 41.0 Å². The van der Waals surface area contributed by atoms with Crippen LogP contribution in [0.4, 0.5) is 0 Å². The van der Waals surface area contributed by atoms with Gasteiger partial charge < -0.3 is 9.64 Å². The van der Waals surface area contributed by atoms with Crippen LogP contribution in [0.15, 0.2) is 89.9 Å². The first-order valence-electron chi connectivity index (χ1n) is 10.4. The SMILES string of the molecule is COc1ccc(CN2C(=O)C3(c4ccccc4)CCC2C(c2ccccc2)=N3)cc1. The number of methoxy groups -OCH3 is 1. The summed E-state index contributed by atoms with van der Waals surface area (Å²) >= 11 is 0. The van der Waals surface area contributed by atoms with Gasteiger partial charge in [-0.05, 0) is 41.7 Å². The van der Waals surface area contributed by atoms with Crippen molar-refractivity contribution in [3.05, 3.63) is 102 Å². The predicted octanol–water partition coefficient (Wildman–Crippen LogP) is 4.58. The highest BCUT2D eigenvalue weighted by atomic mass is 16.5. The van der Waals surface area contributed by atoms with Crippen LogP contribution in [0, 0.1) is 0 Å². The number of nitrogens with zero attached hydrogens (tertiary/aromatic N) is 2. The Morgan fingerprint density at radius 2 is 1.63 bits per heavy atom. The first kappa shape index (κ1) is 18.6. The van der Waals surface area contributed by atoms with Crippen LogP contribution >= 0.6 is 0 Å². The molecule has 4 heteroatoms. The number of amides is 1. The van der Waals surface area contributed by atoms with Crippen molar-refractivity contribution >= 4 is 11.6 Å². The van der Waals surface area contributed by atoms with Gasteiger partial charge in [-0.1, -0.05) is 72.8 Å². The van der Waals surface area contributed by atoms with Crippen LogP contribution in [-0.2, 0) is 16.9 Å². The third-order valence-electron chi connectivity index (χ3n) is 6.23. The quantitative estimate of drug-likeness (QED) is 0.633. The molecular formula is C26H24N2O2. The number of ether oxygens (including phenoxy) is 1. The van der Waals surface area contributed by atoms with Gasteiger partial charge in [0.25, 0.3) is 5.91 Å². The molecule has 3 aliphatic heterocycles. The highest BCUT2D eigenvalue weighted by molar-refractivity contribution is 6.11. The maximum absolute atomic E-state index is 13.8. The number of piperidine rings is 1. The number of carbonyl (C=O) groups is 1. The summed E-state index contributed by atoms with van der Waals surface area (Å²) in [5, 5.41) is 0. The second-order valence-corrected chi connectivity index (χ2v) is 7.92. The van der Waals surface area contributed by atoms with E-state index in [4.69, 9.17) is 9.73 Å². The van der Waals surface area contributed by atoms with Crippen molar-refractivity contribution in [1.29, 1.82) is 0 Å². The Bertz CT molecular complexity index is 1080. The van der Waals surface area contributed by atoms with Gasteiger partial charge in [0.1, 0.15) is 5.75 Å². The van der Waals surface area contributed by atoms with Crippen molar-refractivity contribution in [3.8, 4) is 5.75 Å². The lowest BCUT2D eigenvalue weighted by Crippen LogP contribution is -2.61. The zero-order valence-corrected chi connectivity index (χ0v) is 17.0. The van der Waals surface area contributed by atoms with Gasteiger partial charge in [-0.2, -0.15) is 0 Å². The van der Waals surface area contributed by atoms with E-state index in [1.165, 1.54) is 0 Å². The molecule has 3 heterocycles. The summed E-state index contributed by atoms with van der Waals surface area (Å²) in [6, 6.07) is 28.2. The normalized spacial score (nSPS) is 22.7. The van der Waals surface area contributed by atoms with E-state index in [1.807, 2.05) is 77.7 Å². The van der Waals surface area contributed by atoms with Crippen LogP contribution in [0.1, 0.15) is 29.5 Å². The number of hydrogen-bond donors (Lipinski definition) is 0. The van der Waals surface area contributed by atoms with Crippen molar-refractivity contribution in [1.82, 2.24) is 4.90 Å². The molecule has 0 aliphatic carbocycles. The maximum Gasteiger partial charge on any atom is 0.255 e. The van der Waals surface area contributed by atoms with E-state index in [2.05, 4.69) is 12.1 Å². The lowest BCUT2D eigenvalue weighted by Gasteiger charge is -2.50. The minimum Gasteiger partial charge on any atom is -0.497 e. The van der Waals surface area contributed by atoms with Gasteiger partial charge in [-0.15, -0.1) is 0 Å². The smallest absolute Gasteiger partial charge is 0.255 e. The Morgan fingerprint density at radius 1 is 0.967 bits per heavy atom. The summed E-state index contributed by atoms with van der Waals surface area (Å²) in [5.74, 6) is 0.915. The Morgan fingerprint density at radius 3 is 2.30 bits per heavy atom. The summed E-state index contributed by atoms with van der Waals surface area (Å²) < 4.78 is 5.28. The average Bonchev–Trinajstić information content (AvgIpc) is 2.83. The summed E-state index contributed by atoms with van der Waals surface area (Å²) in [5.41, 5.74) is 3.33. The molecule has 2 unspecified atom stereocenters. The Labute approximate surface area is 176 Å². The van der Waals surface area contributed by atoms with E-state index < -0.39 is 5.54 Å². The predicted molar refractivity (Wildman–Crippen MR) is 118 cm³/mol. The fourth-order valence-corrected chi connectivity index (χ4v) is 4.68. The van der Waals surface area contributed by atoms with E-state index >= 15 is 0 Å². The molecule has 3 aliphatic rings. The molecule has 6 rings (SSSR count). The van der Waals surface area contributed by atoms with Crippen molar-refractivity contribution in [2.75, 3.05) is 7.11 Å². The molecule has 1 fully saturated rings. The number of rotatable bonds is 5. The monoisotopic (exact) mass is 396 g/mol. The topological polar surface area (TPSA) is 41.9 Å². The second kappa shape index (κ2) is 7.45. The van der Waals surface area contributed by atoms with Crippen LogP contribution in [0.2, 0.25) is 0 Å². The lowest BCUT2D eigenvalue weighted by atomic mass is 9.74. The van der Waals surface area contributed by atoms with Crippen LogP contribution in [0.25, 0.3) is 0 Å². The van der Waals surface area contributed by atoms with Crippen molar-refractivity contribution in [3.63, 3.8) is 0 Å². The summed E-state index contributed by atoms with van der Waals surface area (Å²) in [6.45, 7) is 0.563. The highest BCUT2D eigenvalue weighted by Gasteiger charge is 2.54. The lowest BCUT2D eigenvalue weighted by molar-refractivity contribution is -0.144. The Kier molecular flexibility index (Phi) is 4.62. The summed E-state index contributed by atoms with van der Waals surface area (Å²) in [6.07, 6.45) is 1.65. The number of carbonyl (C=O) groups excluding carboxylic acids is 1. The van der Waals surface area contributed by atoms with Crippen molar-refractivity contribution < 1.29 is 9.53 Å². The first-order valence-corrected chi connectivity index (χ1v) is 10.4. The molecule has 0 aromatic heterocycles. The molecule has 3 aromatic carbocycles. The number of fused-ring (bicyclic) bond motifs is 2. The van der Waals surface area contributed by atoms with Gasteiger partial charge in [-0.3, -0.25) is 9.79 Å². The van der Waals surface area contributed by atoms with Crippen LogP contribution in [0.5, 0.6) is 5.75 Å². The standard InChI is InChI=1S/C26H24N2O2/c1-30-22-14-12-19(13-15-22)18-28-23-16-17-26(25(28)29,21-10-6-3-7-11-21)27-24(23)20-8-4-2-5-9-20/h2-15,23H,16-18H2,1H3. The molecule has 0 radical (unpaired) electrons. The molecule has 0 spiro atoms. The van der Waals surface area contributed by atoms with Crippen molar-refractivity contribution in [2.24, 2.45) is 4.99 Å². The van der Waals surface area contributed by atoms with Crippen LogP contribution < -0.4 is 4.74 Å². The van der Waals surface area contributed by atoms with Gasteiger partial charge in [0.15, 0.2) is 5.54 Å². The number of benzene rings is 3. The van der Waals surface area contributed by atoms with Gasteiger partial charge in [-0.25, -0.2) is 0 Å². The fourth-order valence-electron chi connectivity index (χ4n) is 4.68. The molecule has 2 bridgehead atoms. The Hall–Kier alpha value is -3.40.